The SMILES string of the molecule is C=C(C)C(CC1CC2CCC1C2)NCCC. The van der Waals surface area contributed by atoms with Gasteiger partial charge in [-0.05, 0) is 63.3 Å². The van der Waals surface area contributed by atoms with Crippen LogP contribution >= 0.6 is 0 Å². The zero-order valence-corrected chi connectivity index (χ0v) is 11.0. The van der Waals surface area contributed by atoms with E-state index >= 15 is 0 Å². The molecule has 0 aliphatic heterocycles. The number of nitrogens with one attached hydrogen (secondary N) is 1. The van der Waals surface area contributed by atoms with Gasteiger partial charge < -0.3 is 5.32 Å². The molecule has 0 aromatic carbocycles. The number of hydrogen-bond acceptors (Lipinski definition) is 1. The first kappa shape index (κ1) is 12.2. The Kier molecular flexibility index (Phi) is 4.07. The summed E-state index contributed by atoms with van der Waals surface area (Å²) in [4.78, 5) is 0. The zero-order valence-electron chi connectivity index (χ0n) is 11.0. The topological polar surface area (TPSA) is 12.0 Å². The largest absolute Gasteiger partial charge is 0.310 e. The average molecular weight is 221 g/mol. The van der Waals surface area contributed by atoms with Crippen LogP contribution in [0, 0.1) is 17.8 Å². The van der Waals surface area contributed by atoms with Gasteiger partial charge in [0.25, 0.3) is 0 Å². The molecule has 0 saturated heterocycles. The summed E-state index contributed by atoms with van der Waals surface area (Å²) >= 11 is 0. The van der Waals surface area contributed by atoms with E-state index in [0.29, 0.717) is 6.04 Å². The highest BCUT2D eigenvalue weighted by atomic mass is 14.9. The Morgan fingerprint density at radius 1 is 1.38 bits per heavy atom. The monoisotopic (exact) mass is 221 g/mol. The van der Waals surface area contributed by atoms with Crippen LogP contribution in [-0.4, -0.2) is 12.6 Å². The second-order valence-electron chi connectivity index (χ2n) is 6.02. The van der Waals surface area contributed by atoms with Crippen molar-refractivity contribution in [2.45, 2.75) is 58.4 Å². The summed E-state index contributed by atoms with van der Waals surface area (Å²) in [5.74, 6) is 3.12. The third kappa shape index (κ3) is 2.68. The first-order valence-corrected chi connectivity index (χ1v) is 7.09. The Bertz CT molecular complexity index is 246. The van der Waals surface area contributed by atoms with Crippen LogP contribution in [0.1, 0.15) is 52.4 Å². The van der Waals surface area contributed by atoms with Crippen molar-refractivity contribution in [1.82, 2.24) is 5.32 Å². The molecule has 0 heterocycles. The van der Waals surface area contributed by atoms with E-state index in [1.807, 2.05) is 0 Å². The van der Waals surface area contributed by atoms with Crippen molar-refractivity contribution in [3.05, 3.63) is 12.2 Å². The van der Waals surface area contributed by atoms with Gasteiger partial charge in [-0.3, -0.25) is 0 Å². The van der Waals surface area contributed by atoms with E-state index in [1.165, 1.54) is 44.1 Å². The molecular formula is C15H27N. The summed E-state index contributed by atoms with van der Waals surface area (Å²) in [6, 6.07) is 0.573. The van der Waals surface area contributed by atoms with Crippen LogP contribution in [0.15, 0.2) is 12.2 Å². The van der Waals surface area contributed by atoms with Gasteiger partial charge in [-0.15, -0.1) is 0 Å². The molecule has 1 nitrogen and oxygen atoms in total. The van der Waals surface area contributed by atoms with Crippen molar-refractivity contribution in [3.63, 3.8) is 0 Å². The Morgan fingerprint density at radius 3 is 2.69 bits per heavy atom. The molecule has 2 bridgehead atoms. The zero-order chi connectivity index (χ0) is 11.5. The third-order valence-corrected chi connectivity index (χ3v) is 4.66. The van der Waals surface area contributed by atoms with E-state index in [-0.39, 0.29) is 0 Å². The smallest absolute Gasteiger partial charge is 0.0276 e. The Hall–Kier alpha value is -0.300. The highest BCUT2D eigenvalue weighted by molar-refractivity contribution is 5.04. The molecule has 4 unspecified atom stereocenters. The minimum atomic E-state index is 0.573. The fraction of sp³-hybridized carbons (Fsp3) is 0.867. The summed E-state index contributed by atoms with van der Waals surface area (Å²) in [6.07, 6.45) is 8.62. The lowest BCUT2D eigenvalue weighted by molar-refractivity contribution is 0.289. The standard InChI is InChI=1S/C15H27N/c1-4-7-16-15(11(2)3)10-14-9-12-5-6-13(14)8-12/h12-16H,2,4-10H2,1,3H3. The van der Waals surface area contributed by atoms with Crippen LogP contribution in [0.4, 0.5) is 0 Å². The number of fused-ring (bicyclic) bond motifs is 2. The second kappa shape index (κ2) is 5.35. The molecule has 2 aliphatic carbocycles. The molecule has 4 atom stereocenters. The fourth-order valence-corrected chi connectivity index (χ4v) is 3.75. The van der Waals surface area contributed by atoms with Gasteiger partial charge in [0.05, 0.1) is 0 Å². The molecule has 2 aliphatic rings. The van der Waals surface area contributed by atoms with E-state index in [0.717, 1.165) is 24.3 Å². The Labute approximate surface area is 101 Å². The molecule has 92 valence electrons. The van der Waals surface area contributed by atoms with E-state index in [1.54, 1.807) is 0 Å². The Morgan fingerprint density at radius 2 is 2.19 bits per heavy atom. The van der Waals surface area contributed by atoms with Crippen LogP contribution in [0.3, 0.4) is 0 Å². The molecule has 1 heteroatoms. The summed E-state index contributed by atoms with van der Waals surface area (Å²) in [6.45, 7) is 9.70. The van der Waals surface area contributed by atoms with Crippen molar-refractivity contribution >= 4 is 0 Å². The molecule has 1 N–H and O–H groups in total. The van der Waals surface area contributed by atoms with Crippen LogP contribution in [0.2, 0.25) is 0 Å². The average Bonchev–Trinajstić information content (AvgIpc) is 2.85. The van der Waals surface area contributed by atoms with Gasteiger partial charge in [0.2, 0.25) is 0 Å². The van der Waals surface area contributed by atoms with Crippen LogP contribution in [0.5, 0.6) is 0 Å². The number of rotatable bonds is 6. The molecule has 0 amide bonds. The Balaban J connectivity index is 1.83. The van der Waals surface area contributed by atoms with Crippen LogP contribution < -0.4 is 5.32 Å². The third-order valence-electron chi connectivity index (χ3n) is 4.66. The predicted molar refractivity (Wildman–Crippen MR) is 70.5 cm³/mol. The maximum absolute atomic E-state index is 4.15. The van der Waals surface area contributed by atoms with Gasteiger partial charge in [-0.1, -0.05) is 25.5 Å². The number of hydrogen-bond donors (Lipinski definition) is 1. The van der Waals surface area contributed by atoms with E-state index < -0.39 is 0 Å². The maximum atomic E-state index is 4.15. The van der Waals surface area contributed by atoms with Crippen molar-refractivity contribution in [2.75, 3.05) is 6.54 Å². The van der Waals surface area contributed by atoms with Crippen molar-refractivity contribution in [1.29, 1.82) is 0 Å². The minimum absolute atomic E-state index is 0.573. The summed E-state index contributed by atoms with van der Waals surface area (Å²) < 4.78 is 0. The lowest BCUT2D eigenvalue weighted by atomic mass is 9.83. The van der Waals surface area contributed by atoms with Crippen molar-refractivity contribution < 1.29 is 0 Å². The fourth-order valence-electron chi connectivity index (χ4n) is 3.75. The normalized spacial score (nSPS) is 34.2. The van der Waals surface area contributed by atoms with Gasteiger partial charge >= 0.3 is 0 Å². The minimum Gasteiger partial charge on any atom is -0.310 e. The molecule has 0 aromatic rings. The van der Waals surface area contributed by atoms with Gasteiger partial charge in [0.15, 0.2) is 0 Å². The highest BCUT2D eigenvalue weighted by Gasteiger charge is 2.39. The molecule has 2 fully saturated rings. The molecular weight excluding hydrogens is 194 g/mol. The summed E-state index contributed by atoms with van der Waals surface area (Å²) in [5.41, 5.74) is 1.33. The lowest BCUT2D eigenvalue weighted by Gasteiger charge is -2.27. The van der Waals surface area contributed by atoms with Crippen LogP contribution in [-0.2, 0) is 0 Å². The summed E-state index contributed by atoms with van der Waals surface area (Å²) in [7, 11) is 0. The molecule has 2 saturated carbocycles. The lowest BCUT2D eigenvalue weighted by Crippen LogP contribution is -2.33. The predicted octanol–water partition coefficient (Wildman–Crippen LogP) is 3.76. The quantitative estimate of drug-likeness (QED) is 0.673. The van der Waals surface area contributed by atoms with E-state index in [9.17, 15) is 0 Å². The molecule has 0 spiro atoms. The van der Waals surface area contributed by atoms with Crippen molar-refractivity contribution in [3.8, 4) is 0 Å². The molecule has 16 heavy (non-hydrogen) atoms. The second-order valence-corrected chi connectivity index (χ2v) is 6.02. The highest BCUT2D eigenvalue weighted by Crippen LogP contribution is 2.50. The maximum Gasteiger partial charge on any atom is 0.0276 e. The van der Waals surface area contributed by atoms with Gasteiger partial charge in [-0.2, -0.15) is 0 Å². The molecule has 2 rings (SSSR count). The van der Waals surface area contributed by atoms with Gasteiger partial charge in [0, 0.05) is 6.04 Å². The molecule has 0 aromatic heterocycles. The van der Waals surface area contributed by atoms with Gasteiger partial charge in [-0.25, -0.2) is 0 Å². The van der Waals surface area contributed by atoms with E-state index in [2.05, 4.69) is 25.7 Å². The van der Waals surface area contributed by atoms with Crippen molar-refractivity contribution in [2.24, 2.45) is 17.8 Å². The first-order chi connectivity index (χ1) is 7.70. The first-order valence-electron chi connectivity index (χ1n) is 7.09. The van der Waals surface area contributed by atoms with Crippen LogP contribution in [0.25, 0.3) is 0 Å². The van der Waals surface area contributed by atoms with E-state index in [4.69, 9.17) is 0 Å². The van der Waals surface area contributed by atoms with Gasteiger partial charge in [0.1, 0.15) is 0 Å². The molecule has 0 radical (unpaired) electrons. The summed E-state index contributed by atoms with van der Waals surface area (Å²) in [5, 5.41) is 3.66.